The van der Waals surface area contributed by atoms with Crippen molar-refractivity contribution < 1.29 is 4.79 Å². The highest BCUT2D eigenvalue weighted by atomic mass is 16.1. The minimum atomic E-state index is 0.0995. The van der Waals surface area contributed by atoms with Crippen molar-refractivity contribution in [3.8, 4) is 0 Å². The molecule has 0 aromatic rings. The molecule has 0 unspecified atom stereocenters. The molecule has 0 aliphatic carbocycles. The van der Waals surface area contributed by atoms with Gasteiger partial charge in [-0.1, -0.05) is 27.7 Å². The van der Waals surface area contributed by atoms with Crippen LogP contribution in [0.2, 0.25) is 0 Å². The summed E-state index contributed by atoms with van der Waals surface area (Å²) >= 11 is 0. The van der Waals surface area contributed by atoms with Crippen molar-refractivity contribution in [3.05, 3.63) is 0 Å². The van der Waals surface area contributed by atoms with E-state index in [0.29, 0.717) is 12.6 Å². The zero-order valence-corrected chi connectivity index (χ0v) is 9.89. The quantitative estimate of drug-likeness (QED) is 0.612. The van der Waals surface area contributed by atoms with Crippen molar-refractivity contribution >= 4 is 5.91 Å². The molecule has 0 aliphatic heterocycles. The van der Waals surface area contributed by atoms with Gasteiger partial charge in [0.2, 0.25) is 5.91 Å². The summed E-state index contributed by atoms with van der Waals surface area (Å²) in [6, 6.07) is 0.372. The van der Waals surface area contributed by atoms with Gasteiger partial charge >= 0.3 is 0 Å². The Morgan fingerprint density at radius 3 is 2.36 bits per heavy atom. The number of hydrogen-bond acceptors (Lipinski definition) is 2. The minimum absolute atomic E-state index is 0.0995. The number of nitrogens with one attached hydrogen (secondary N) is 2. The van der Waals surface area contributed by atoms with E-state index >= 15 is 0 Å². The fourth-order valence-corrected chi connectivity index (χ4v) is 1.10. The average Bonchev–Trinajstić information content (AvgIpc) is 2.08. The van der Waals surface area contributed by atoms with Gasteiger partial charge in [-0.3, -0.25) is 4.79 Å². The van der Waals surface area contributed by atoms with Gasteiger partial charge in [0.15, 0.2) is 0 Å². The molecule has 1 amide bonds. The van der Waals surface area contributed by atoms with Gasteiger partial charge in [-0.2, -0.15) is 0 Å². The molecule has 0 atom stereocenters. The molecule has 3 heteroatoms. The van der Waals surface area contributed by atoms with E-state index < -0.39 is 0 Å². The average molecular weight is 200 g/mol. The van der Waals surface area contributed by atoms with Gasteiger partial charge in [-0.05, 0) is 18.8 Å². The minimum Gasteiger partial charge on any atom is -0.355 e. The third-order valence-electron chi connectivity index (χ3n) is 1.95. The molecule has 0 radical (unpaired) electrons. The van der Waals surface area contributed by atoms with Crippen LogP contribution in [0.4, 0.5) is 0 Å². The van der Waals surface area contributed by atoms with Gasteiger partial charge in [0.1, 0.15) is 0 Å². The van der Waals surface area contributed by atoms with Crippen LogP contribution in [0.1, 0.15) is 40.5 Å². The number of carbonyl (C=O) groups is 1. The lowest BCUT2D eigenvalue weighted by Crippen LogP contribution is -2.37. The third kappa shape index (κ3) is 9.52. The highest BCUT2D eigenvalue weighted by Crippen LogP contribution is 2.01. The van der Waals surface area contributed by atoms with Crippen molar-refractivity contribution in [1.82, 2.24) is 10.6 Å². The molecular formula is C11H24N2O. The van der Waals surface area contributed by atoms with E-state index in [2.05, 4.69) is 24.5 Å². The number of carbonyl (C=O) groups excluding carboxylic acids is 1. The molecule has 0 heterocycles. The molecule has 84 valence electrons. The van der Waals surface area contributed by atoms with Crippen molar-refractivity contribution in [2.24, 2.45) is 5.92 Å². The fraction of sp³-hybridized carbons (Fsp3) is 0.909. The van der Waals surface area contributed by atoms with Crippen LogP contribution >= 0.6 is 0 Å². The van der Waals surface area contributed by atoms with Gasteiger partial charge in [0.25, 0.3) is 0 Å². The molecule has 0 aromatic carbocycles. The van der Waals surface area contributed by atoms with Gasteiger partial charge in [-0.25, -0.2) is 0 Å². The summed E-state index contributed by atoms with van der Waals surface area (Å²) < 4.78 is 0. The first-order valence-electron chi connectivity index (χ1n) is 5.52. The molecule has 0 fully saturated rings. The van der Waals surface area contributed by atoms with Gasteiger partial charge in [-0.15, -0.1) is 0 Å². The highest BCUT2D eigenvalue weighted by molar-refractivity contribution is 5.77. The van der Waals surface area contributed by atoms with Crippen LogP contribution in [0.15, 0.2) is 0 Å². The summed E-state index contributed by atoms with van der Waals surface area (Å²) in [5.41, 5.74) is 0. The summed E-state index contributed by atoms with van der Waals surface area (Å²) in [4.78, 5) is 11.2. The summed E-state index contributed by atoms with van der Waals surface area (Å²) in [5, 5.41) is 5.97. The molecular weight excluding hydrogens is 176 g/mol. The Kier molecular flexibility index (Phi) is 7.48. The maximum atomic E-state index is 11.2. The Morgan fingerprint density at radius 2 is 1.86 bits per heavy atom. The number of hydrogen-bond donors (Lipinski definition) is 2. The second-order valence-corrected chi connectivity index (χ2v) is 4.42. The Balaban J connectivity index is 3.27. The van der Waals surface area contributed by atoms with Crippen LogP contribution in [0.5, 0.6) is 0 Å². The standard InChI is InChI=1S/C11H24N2O/c1-9(2)6-5-7-12-11(14)8-13-10(3)4/h9-10,13H,5-8H2,1-4H3,(H,12,14). The van der Waals surface area contributed by atoms with Crippen LogP contribution in [-0.2, 0) is 4.79 Å². The molecule has 0 aromatic heterocycles. The molecule has 3 nitrogen and oxygen atoms in total. The van der Waals surface area contributed by atoms with Crippen LogP contribution < -0.4 is 10.6 Å². The second-order valence-electron chi connectivity index (χ2n) is 4.42. The molecule has 0 saturated heterocycles. The number of amides is 1. The maximum absolute atomic E-state index is 11.2. The van der Waals surface area contributed by atoms with Crippen molar-refractivity contribution in [3.63, 3.8) is 0 Å². The lowest BCUT2D eigenvalue weighted by Gasteiger charge is -2.09. The monoisotopic (exact) mass is 200 g/mol. The summed E-state index contributed by atoms with van der Waals surface area (Å²) in [5.74, 6) is 0.822. The van der Waals surface area contributed by atoms with E-state index in [4.69, 9.17) is 0 Å². The first-order chi connectivity index (χ1) is 6.52. The third-order valence-corrected chi connectivity index (χ3v) is 1.95. The predicted octanol–water partition coefficient (Wildman–Crippen LogP) is 1.54. The van der Waals surface area contributed by atoms with Crippen molar-refractivity contribution in [2.75, 3.05) is 13.1 Å². The van der Waals surface area contributed by atoms with E-state index in [1.165, 1.54) is 6.42 Å². The molecule has 0 rings (SSSR count). The smallest absolute Gasteiger partial charge is 0.233 e. The second kappa shape index (κ2) is 7.80. The summed E-state index contributed by atoms with van der Waals surface area (Å²) in [7, 11) is 0. The molecule has 2 N–H and O–H groups in total. The van der Waals surface area contributed by atoms with Crippen LogP contribution in [0.25, 0.3) is 0 Å². The van der Waals surface area contributed by atoms with Crippen molar-refractivity contribution in [1.29, 1.82) is 0 Å². The van der Waals surface area contributed by atoms with Crippen LogP contribution in [0.3, 0.4) is 0 Å². The van der Waals surface area contributed by atoms with E-state index in [9.17, 15) is 4.79 Å². The zero-order valence-electron chi connectivity index (χ0n) is 9.89. The topological polar surface area (TPSA) is 41.1 Å². The Bertz CT molecular complexity index is 155. The molecule has 0 saturated carbocycles. The first-order valence-corrected chi connectivity index (χ1v) is 5.52. The molecule has 0 spiro atoms. The number of rotatable bonds is 7. The van der Waals surface area contributed by atoms with Gasteiger partial charge in [0.05, 0.1) is 6.54 Å². The van der Waals surface area contributed by atoms with Crippen molar-refractivity contribution in [2.45, 2.75) is 46.6 Å². The Labute approximate surface area is 87.6 Å². The zero-order chi connectivity index (χ0) is 11.0. The van der Waals surface area contributed by atoms with E-state index in [1.54, 1.807) is 0 Å². The van der Waals surface area contributed by atoms with Gasteiger partial charge < -0.3 is 10.6 Å². The van der Waals surface area contributed by atoms with E-state index in [0.717, 1.165) is 18.9 Å². The first kappa shape index (κ1) is 13.4. The van der Waals surface area contributed by atoms with Gasteiger partial charge in [0, 0.05) is 12.6 Å². The normalized spacial score (nSPS) is 11.0. The summed E-state index contributed by atoms with van der Waals surface area (Å²) in [6.45, 7) is 9.69. The Morgan fingerprint density at radius 1 is 1.21 bits per heavy atom. The van der Waals surface area contributed by atoms with E-state index in [1.807, 2.05) is 13.8 Å². The highest BCUT2D eigenvalue weighted by Gasteiger charge is 2.01. The molecule has 0 bridgehead atoms. The maximum Gasteiger partial charge on any atom is 0.233 e. The van der Waals surface area contributed by atoms with Crippen LogP contribution in [0, 0.1) is 5.92 Å². The molecule has 14 heavy (non-hydrogen) atoms. The lowest BCUT2D eigenvalue weighted by molar-refractivity contribution is -0.120. The fourth-order valence-electron chi connectivity index (χ4n) is 1.10. The predicted molar refractivity (Wildman–Crippen MR) is 60.2 cm³/mol. The largest absolute Gasteiger partial charge is 0.355 e. The van der Waals surface area contributed by atoms with E-state index in [-0.39, 0.29) is 5.91 Å². The lowest BCUT2D eigenvalue weighted by atomic mass is 10.1. The Hall–Kier alpha value is -0.570. The molecule has 0 aliphatic rings. The van der Waals surface area contributed by atoms with Crippen LogP contribution in [-0.4, -0.2) is 25.0 Å². The summed E-state index contributed by atoms with van der Waals surface area (Å²) in [6.07, 6.45) is 2.25. The SMILES string of the molecule is CC(C)CCCNC(=O)CNC(C)C.